The summed E-state index contributed by atoms with van der Waals surface area (Å²) in [6.07, 6.45) is 2.45. The number of hydrogen-bond donors (Lipinski definition) is 1. The van der Waals surface area contributed by atoms with Gasteiger partial charge < -0.3 is 19.2 Å². The van der Waals surface area contributed by atoms with Crippen molar-refractivity contribution in [3.63, 3.8) is 0 Å². The number of aromatic nitrogens is 1. The van der Waals surface area contributed by atoms with Crippen molar-refractivity contribution in [3.8, 4) is 0 Å². The molecule has 3 rings (SSSR count). The van der Waals surface area contributed by atoms with Gasteiger partial charge in [-0.05, 0) is 56.9 Å². The van der Waals surface area contributed by atoms with Crippen LogP contribution >= 0.6 is 0 Å². The van der Waals surface area contributed by atoms with Crippen LogP contribution < -0.4 is 0 Å². The zero-order valence-electron chi connectivity index (χ0n) is 14.0. The van der Waals surface area contributed by atoms with Gasteiger partial charge in [-0.1, -0.05) is 12.1 Å². The molecule has 1 aliphatic heterocycles. The van der Waals surface area contributed by atoms with Crippen LogP contribution in [0.25, 0.3) is 11.1 Å². The van der Waals surface area contributed by atoms with Crippen molar-refractivity contribution in [2.24, 2.45) is 5.92 Å². The quantitative estimate of drug-likeness (QED) is 0.816. The second-order valence-electron chi connectivity index (χ2n) is 6.33. The number of nitrogens with zero attached hydrogens (tertiary/aromatic N) is 2. The molecule has 2 heterocycles. The van der Waals surface area contributed by atoms with E-state index in [4.69, 9.17) is 4.42 Å². The number of piperidine rings is 1. The predicted molar refractivity (Wildman–Crippen MR) is 89.5 cm³/mol. The summed E-state index contributed by atoms with van der Waals surface area (Å²) in [5.74, 6) is 0.266. The first kappa shape index (κ1) is 16.9. The maximum Gasteiger partial charge on any atom is 0.334 e. The number of likely N-dealkylation sites (tertiary alicyclic amines) is 1. The average molecular weight is 332 g/mol. The Labute approximate surface area is 141 Å². The number of aliphatic hydroxyl groups excluding tert-OH is 1. The Morgan fingerprint density at radius 3 is 2.88 bits per heavy atom. The van der Waals surface area contributed by atoms with Crippen LogP contribution in [0.1, 0.15) is 25.2 Å². The number of methoxy groups -OCH3 is 1. The maximum atomic E-state index is 11.4. The van der Waals surface area contributed by atoms with Crippen molar-refractivity contribution in [2.75, 3.05) is 26.7 Å². The average Bonchev–Trinajstić information content (AvgIpc) is 3.03. The molecule has 1 saturated heterocycles. The van der Waals surface area contributed by atoms with Crippen molar-refractivity contribution in [1.82, 2.24) is 9.88 Å². The Balaban J connectivity index is 1.41. The van der Waals surface area contributed by atoms with Gasteiger partial charge in [0.2, 0.25) is 0 Å². The standard InChI is InChI=1S/C18H24N2O4/c1-23-18(22)17(21)13-8-11-20(12-9-13)10-4-7-16-19-14-5-2-3-6-15(14)24-16/h2-3,5-6,13,17,21H,4,7-12H2,1H3. The van der Waals surface area contributed by atoms with Gasteiger partial charge in [-0.3, -0.25) is 0 Å². The van der Waals surface area contributed by atoms with Gasteiger partial charge in [0.05, 0.1) is 7.11 Å². The highest BCUT2D eigenvalue weighted by atomic mass is 16.5. The first-order valence-corrected chi connectivity index (χ1v) is 8.50. The van der Waals surface area contributed by atoms with E-state index in [0.717, 1.165) is 62.3 Å². The lowest BCUT2D eigenvalue weighted by atomic mass is 9.91. The van der Waals surface area contributed by atoms with Crippen LogP contribution in [0.2, 0.25) is 0 Å². The summed E-state index contributed by atoms with van der Waals surface area (Å²) in [7, 11) is 1.31. The van der Waals surface area contributed by atoms with Gasteiger partial charge >= 0.3 is 5.97 Å². The fourth-order valence-corrected chi connectivity index (χ4v) is 3.29. The van der Waals surface area contributed by atoms with E-state index < -0.39 is 12.1 Å². The van der Waals surface area contributed by atoms with Gasteiger partial charge in [-0.25, -0.2) is 9.78 Å². The molecule has 0 saturated carbocycles. The van der Waals surface area contributed by atoms with E-state index in [2.05, 4.69) is 14.6 Å². The largest absolute Gasteiger partial charge is 0.467 e. The minimum absolute atomic E-state index is 0.00531. The van der Waals surface area contributed by atoms with Crippen molar-refractivity contribution >= 4 is 17.1 Å². The lowest BCUT2D eigenvalue weighted by Gasteiger charge is -2.33. The molecule has 1 atom stereocenters. The van der Waals surface area contributed by atoms with E-state index >= 15 is 0 Å². The molecule has 0 radical (unpaired) electrons. The number of rotatable bonds is 6. The fourth-order valence-electron chi connectivity index (χ4n) is 3.29. The SMILES string of the molecule is COC(=O)C(O)C1CCN(CCCc2nc3ccccc3o2)CC1. The van der Waals surface area contributed by atoms with Gasteiger partial charge in [-0.15, -0.1) is 0 Å². The topological polar surface area (TPSA) is 75.8 Å². The van der Waals surface area contributed by atoms with Crippen LogP contribution in [-0.2, 0) is 16.0 Å². The summed E-state index contributed by atoms with van der Waals surface area (Å²) in [5, 5.41) is 9.91. The monoisotopic (exact) mass is 332 g/mol. The summed E-state index contributed by atoms with van der Waals surface area (Å²) in [4.78, 5) is 18.2. The summed E-state index contributed by atoms with van der Waals surface area (Å²) >= 11 is 0. The van der Waals surface area contributed by atoms with Crippen LogP contribution in [0.5, 0.6) is 0 Å². The van der Waals surface area contributed by atoms with Crippen molar-refractivity contribution in [2.45, 2.75) is 31.8 Å². The van der Waals surface area contributed by atoms with Crippen LogP contribution in [0.3, 0.4) is 0 Å². The summed E-state index contributed by atoms with van der Waals surface area (Å²) in [6.45, 7) is 2.76. The van der Waals surface area contributed by atoms with Gasteiger partial charge in [0.15, 0.2) is 17.6 Å². The smallest absolute Gasteiger partial charge is 0.334 e. The zero-order chi connectivity index (χ0) is 16.9. The minimum Gasteiger partial charge on any atom is -0.467 e. The third-order valence-corrected chi connectivity index (χ3v) is 4.72. The number of carbonyl (C=O) groups is 1. The Morgan fingerprint density at radius 2 is 2.17 bits per heavy atom. The maximum absolute atomic E-state index is 11.4. The molecule has 1 fully saturated rings. The Morgan fingerprint density at radius 1 is 1.42 bits per heavy atom. The Hall–Kier alpha value is -1.92. The summed E-state index contributed by atoms with van der Waals surface area (Å²) in [6, 6.07) is 7.80. The van der Waals surface area contributed by atoms with Gasteiger partial charge in [0, 0.05) is 6.42 Å². The molecule has 0 bridgehead atoms. The van der Waals surface area contributed by atoms with E-state index in [1.165, 1.54) is 7.11 Å². The Kier molecular flexibility index (Phi) is 5.48. The summed E-state index contributed by atoms with van der Waals surface area (Å²) in [5.41, 5.74) is 1.75. The molecule has 1 aromatic heterocycles. The number of hydrogen-bond acceptors (Lipinski definition) is 6. The number of benzene rings is 1. The summed E-state index contributed by atoms with van der Waals surface area (Å²) < 4.78 is 10.3. The number of aliphatic hydroxyl groups is 1. The number of para-hydroxylation sites is 2. The third-order valence-electron chi connectivity index (χ3n) is 4.72. The second kappa shape index (κ2) is 7.77. The molecule has 0 spiro atoms. The van der Waals surface area contributed by atoms with E-state index in [0.29, 0.717) is 0 Å². The van der Waals surface area contributed by atoms with E-state index in [9.17, 15) is 9.90 Å². The molecule has 1 aliphatic rings. The molecule has 130 valence electrons. The lowest BCUT2D eigenvalue weighted by Crippen LogP contribution is -2.41. The second-order valence-corrected chi connectivity index (χ2v) is 6.33. The van der Waals surface area contributed by atoms with Crippen molar-refractivity contribution in [3.05, 3.63) is 30.2 Å². The molecule has 1 aromatic carbocycles. The van der Waals surface area contributed by atoms with Crippen LogP contribution in [0, 0.1) is 5.92 Å². The molecule has 24 heavy (non-hydrogen) atoms. The number of carbonyl (C=O) groups excluding carboxylic acids is 1. The fraction of sp³-hybridized carbons (Fsp3) is 0.556. The third kappa shape index (κ3) is 3.94. The number of esters is 1. The van der Waals surface area contributed by atoms with Crippen molar-refractivity contribution in [1.29, 1.82) is 0 Å². The van der Waals surface area contributed by atoms with E-state index in [-0.39, 0.29) is 5.92 Å². The Bertz CT molecular complexity index is 643. The van der Waals surface area contributed by atoms with Crippen LogP contribution in [0.4, 0.5) is 0 Å². The number of fused-ring (bicyclic) bond motifs is 1. The van der Waals surface area contributed by atoms with Gasteiger partial charge in [-0.2, -0.15) is 0 Å². The molecule has 6 nitrogen and oxygen atoms in total. The minimum atomic E-state index is -0.989. The first-order chi connectivity index (χ1) is 11.7. The number of aryl methyl sites for hydroxylation is 1. The molecule has 1 unspecified atom stereocenters. The normalized spacial score (nSPS) is 17.9. The molecular formula is C18H24N2O4. The molecular weight excluding hydrogens is 308 g/mol. The highest BCUT2D eigenvalue weighted by Crippen LogP contribution is 2.22. The highest BCUT2D eigenvalue weighted by Gasteiger charge is 2.30. The van der Waals surface area contributed by atoms with Gasteiger partial charge in [0.1, 0.15) is 5.52 Å². The molecule has 0 amide bonds. The number of ether oxygens (including phenoxy) is 1. The number of oxazole rings is 1. The van der Waals surface area contributed by atoms with Crippen LogP contribution in [0.15, 0.2) is 28.7 Å². The highest BCUT2D eigenvalue weighted by molar-refractivity contribution is 5.74. The van der Waals surface area contributed by atoms with Gasteiger partial charge in [0.25, 0.3) is 0 Å². The molecule has 2 aromatic rings. The molecule has 1 N–H and O–H groups in total. The van der Waals surface area contributed by atoms with Crippen molar-refractivity contribution < 1.29 is 19.1 Å². The molecule has 0 aliphatic carbocycles. The zero-order valence-corrected chi connectivity index (χ0v) is 14.0. The van der Waals surface area contributed by atoms with E-state index in [1.54, 1.807) is 0 Å². The first-order valence-electron chi connectivity index (χ1n) is 8.50. The molecule has 6 heteroatoms. The van der Waals surface area contributed by atoms with Crippen LogP contribution in [-0.4, -0.2) is 53.8 Å². The van der Waals surface area contributed by atoms with E-state index in [1.807, 2.05) is 24.3 Å². The lowest BCUT2D eigenvalue weighted by molar-refractivity contribution is -0.154. The predicted octanol–water partition coefficient (Wildman–Crippen LogP) is 2.01.